The molecule has 3 heterocycles. The van der Waals surface area contributed by atoms with Crippen LogP contribution in [0.25, 0.3) is 0 Å². The van der Waals surface area contributed by atoms with Gasteiger partial charge in [0.2, 0.25) is 5.91 Å². The molecule has 0 unspecified atom stereocenters. The van der Waals surface area contributed by atoms with Crippen LogP contribution in [-0.2, 0) is 53.1 Å². The maximum Gasteiger partial charge on any atom is 0.410 e. The second-order valence-electron chi connectivity index (χ2n) is 16.8. The molecule has 4 N–H and O–H groups in total. The van der Waals surface area contributed by atoms with Crippen LogP contribution in [0.15, 0.2) is 71.7 Å². The van der Waals surface area contributed by atoms with Crippen LogP contribution in [0.2, 0.25) is 0 Å². The number of thiazole rings is 2. The molecule has 0 spiro atoms. The van der Waals surface area contributed by atoms with E-state index in [0.717, 1.165) is 16.3 Å². The van der Waals surface area contributed by atoms with Gasteiger partial charge in [0.15, 0.2) is 6.23 Å². The smallest absolute Gasteiger partial charge is 0.410 e. The van der Waals surface area contributed by atoms with Gasteiger partial charge in [-0.1, -0.05) is 64.4 Å². The van der Waals surface area contributed by atoms with E-state index in [1.54, 1.807) is 18.8 Å². The number of hydroxylamine groups is 2. The van der Waals surface area contributed by atoms with E-state index in [-0.39, 0.29) is 68.3 Å². The van der Waals surface area contributed by atoms with Gasteiger partial charge in [0.05, 0.1) is 33.2 Å². The summed E-state index contributed by atoms with van der Waals surface area (Å²) in [6.07, 6.45) is 1.12. The van der Waals surface area contributed by atoms with Crippen molar-refractivity contribution in [3.05, 3.63) is 104 Å². The number of unbranched alkanes of at least 4 members (excludes halogenated alkanes) is 2. The van der Waals surface area contributed by atoms with E-state index in [0.29, 0.717) is 35.6 Å². The van der Waals surface area contributed by atoms with Gasteiger partial charge in [0.25, 0.3) is 17.7 Å². The molecule has 0 saturated carbocycles. The van der Waals surface area contributed by atoms with Gasteiger partial charge in [0, 0.05) is 68.4 Å². The zero-order chi connectivity index (χ0) is 49.2. The van der Waals surface area contributed by atoms with Gasteiger partial charge in [-0.3, -0.25) is 34.3 Å². The second kappa shape index (κ2) is 26.0. The van der Waals surface area contributed by atoms with E-state index in [4.69, 9.17) is 14.3 Å². The van der Waals surface area contributed by atoms with Crippen molar-refractivity contribution in [2.24, 2.45) is 5.92 Å². The Labute approximate surface area is 402 Å². The first-order chi connectivity index (χ1) is 32.6. The lowest BCUT2D eigenvalue weighted by atomic mass is 9.99. The Morgan fingerprint density at radius 2 is 1.56 bits per heavy atom. The van der Waals surface area contributed by atoms with Crippen LogP contribution in [-0.4, -0.2) is 99.5 Å². The van der Waals surface area contributed by atoms with E-state index < -0.39 is 66.0 Å². The standard InChI is InChI=1S/C47H58N8O11S2/c1-29(2)41(53-46(62)54(5)25-35-27-67-44(51-35)30(3)4)43(60)50-34(22-31-12-8-6-9-13-31)23-37(52-47(63)64-26-36-24-48-28-68-36)65-40(58)14-10-7-11-21-49-42(59)32-15-17-33(18-16-32)45(61)66-55-38(56)19-20-39(55)57/h6,8-9,12-13,15-18,24,27-30,34,37,41H,7,10-11,14,19-23,25-26H2,1-5H3,(H,49,59)(H,50,60)(H,52,63)(H,53,62)/t34-,37-,41+/m0/s1. The van der Waals surface area contributed by atoms with Crippen molar-refractivity contribution in [2.45, 2.75) is 116 Å². The molecule has 4 aromatic rings. The normalized spacial score (nSPS) is 13.7. The summed E-state index contributed by atoms with van der Waals surface area (Å²) in [6, 6.07) is 12.8. The molecule has 0 aliphatic carbocycles. The first kappa shape index (κ1) is 52.2. The molecule has 2 aromatic heterocycles. The molecule has 1 aliphatic rings. The lowest BCUT2D eigenvalue weighted by molar-refractivity contribution is -0.172. The number of urea groups is 1. The number of benzene rings is 2. The number of ether oxygens (including phenoxy) is 2. The summed E-state index contributed by atoms with van der Waals surface area (Å²) < 4.78 is 11.2. The largest absolute Gasteiger partial charge is 0.444 e. The van der Waals surface area contributed by atoms with Crippen LogP contribution in [0.3, 0.4) is 0 Å². The molecule has 19 nitrogen and oxygen atoms in total. The number of alkyl carbamates (subject to hydrolysis) is 1. The van der Waals surface area contributed by atoms with Crippen molar-refractivity contribution >= 4 is 70.4 Å². The minimum atomic E-state index is -1.23. The highest BCUT2D eigenvalue weighted by molar-refractivity contribution is 7.09. The van der Waals surface area contributed by atoms with Crippen molar-refractivity contribution in [1.82, 2.24) is 41.2 Å². The second-order valence-corrected chi connectivity index (χ2v) is 18.6. The van der Waals surface area contributed by atoms with E-state index in [2.05, 4.69) is 45.1 Å². The first-order valence-corrected chi connectivity index (χ1v) is 24.1. The molecule has 1 aliphatic heterocycles. The summed E-state index contributed by atoms with van der Waals surface area (Å²) in [5.74, 6) is -3.64. The molecule has 21 heteroatoms. The zero-order valence-electron chi connectivity index (χ0n) is 38.7. The van der Waals surface area contributed by atoms with E-state index >= 15 is 0 Å². The quantitative estimate of drug-likeness (QED) is 0.0272. The third-order valence-corrected chi connectivity index (χ3v) is 12.4. The number of hydrogen-bond donors (Lipinski definition) is 4. The number of hydrogen-bond acceptors (Lipinski definition) is 15. The van der Waals surface area contributed by atoms with Crippen LogP contribution in [0.4, 0.5) is 9.59 Å². The lowest BCUT2D eigenvalue weighted by Crippen LogP contribution is -2.55. The Balaban J connectivity index is 1.16. The number of carbonyl (C=O) groups is 8. The topological polar surface area (TPSA) is 245 Å². The molecule has 0 radical (unpaired) electrons. The maximum absolute atomic E-state index is 14.1. The van der Waals surface area contributed by atoms with E-state index in [9.17, 15) is 38.4 Å². The molecule has 0 bridgehead atoms. The van der Waals surface area contributed by atoms with Crippen molar-refractivity contribution in [2.75, 3.05) is 13.6 Å². The minimum absolute atomic E-state index is 0.0153. The van der Waals surface area contributed by atoms with Gasteiger partial charge in [-0.2, -0.15) is 0 Å². The number of nitrogens with one attached hydrogen (secondary N) is 4. The number of esters is 1. The van der Waals surface area contributed by atoms with Gasteiger partial charge in [-0.25, -0.2) is 19.4 Å². The average Bonchev–Trinajstić information content (AvgIpc) is 4.08. The van der Waals surface area contributed by atoms with Crippen LogP contribution >= 0.6 is 22.7 Å². The molecule has 68 heavy (non-hydrogen) atoms. The Hall–Kier alpha value is -6.74. The number of carbonyl (C=O) groups excluding carboxylic acids is 8. The van der Waals surface area contributed by atoms with E-state index in [1.165, 1.54) is 51.8 Å². The van der Waals surface area contributed by atoms with Gasteiger partial charge in [0.1, 0.15) is 12.6 Å². The van der Waals surface area contributed by atoms with Gasteiger partial charge in [-0.15, -0.1) is 27.7 Å². The molecule has 3 atom stereocenters. The fraction of sp³-hybridized carbons (Fsp3) is 0.447. The van der Waals surface area contributed by atoms with Gasteiger partial charge < -0.3 is 35.2 Å². The predicted molar refractivity (Wildman–Crippen MR) is 251 cm³/mol. The van der Waals surface area contributed by atoms with Crippen LogP contribution in [0.5, 0.6) is 0 Å². The SMILES string of the molecule is CC(C)c1nc(CN(C)C(=O)N[C@@H](C(=O)N[C@@H](Cc2ccccc2)C[C@@H](NC(=O)OCc2cncs2)OC(=O)CCCCCNC(=O)c2ccc(C(=O)ON3C(=O)CCC3=O)cc2)C(C)C)cs1. The highest BCUT2D eigenvalue weighted by atomic mass is 32.1. The summed E-state index contributed by atoms with van der Waals surface area (Å²) in [4.78, 5) is 118. The monoisotopic (exact) mass is 974 g/mol. The molecule has 7 amide bonds. The highest BCUT2D eigenvalue weighted by Gasteiger charge is 2.34. The third kappa shape index (κ3) is 16.5. The van der Waals surface area contributed by atoms with Crippen LogP contribution in [0.1, 0.15) is 120 Å². The zero-order valence-corrected chi connectivity index (χ0v) is 40.3. The fourth-order valence-electron chi connectivity index (χ4n) is 6.80. The number of aromatic nitrogens is 2. The molecule has 1 fully saturated rings. The summed E-state index contributed by atoms with van der Waals surface area (Å²) in [6.45, 7) is 8.21. The molecule has 364 valence electrons. The number of amides is 7. The Morgan fingerprint density at radius 1 is 0.853 bits per heavy atom. The Morgan fingerprint density at radius 3 is 2.21 bits per heavy atom. The van der Waals surface area contributed by atoms with E-state index in [1.807, 2.05) is 49.6 Å². The van der Waals surface area contributed by atoms with Crippen LogP contribution < -0.4 is 21.3 Å². The number of nitrogens with zero attached hydrogens (tertiary/aromatic N) is 4. The first-order valence-electron chi connectivity index (χ1n) is 22.3. The van der Waals surface area contributed by atoms with Gasteiger partial charge >= 0.3 is 24.1 Å². The van der Waals surface area contributed by atoms with Gasteiger partial charge in [-0.05, 0) is 55.0 Å². The van der Waals surface area contributed by atoms with Crippen molar-refractivity contribution in [1.29, 1.82) is 0 Å². The Bertz CT molecular complexity index is 2330. The van der Waals surface area contributed by atoms with Crippen LogP contribution in [0, 0.1) is 5.92 Å². The van der Waals surface area contributed by atoms with Crippen molar-refractivity contribution in [3.8, 4) is 0 Å². The fourth-order valence-corrected chi connectivity index (χ4v) is 8.13. The lowest BCUT2D eigenvalue weighted by Gasteiger charge is -2.29. The third-order valence-electron chi connectivity index (χ3n) is 10.5. The molecular formula is C47H58N8O11S2. The summed E-state index contributed by atoms with van der Waals surface area (Å²) in [5, 5.41) is 14.7. The summed E-state index contributed by atoms with van der Waals surface area (Å²) in [7, 11) is 1.63. The average molecular weight is 975 g/mol. The predicted octanol–water partition coefficient (Wildman–Crippen LogP) is 6.01. The molecule has 1 saturated heterocycles. The Kier molecular flexibility index (Phi) is 20.0. The summed E-state index contributed by atoms with van der Waals surface area (Å²) in [5.41, 5.74) is 3.54. The molecular weight excluding hydrogens is 917 g/mol. The van der Waals surface area contributed by atoms with Crippen molar-refractivity contribution < 1.29 is 52.7 Å². The molecule has 2 aromatic carbocycles. The number of rotatable bonds is 24. The maximum atomic E-state index is 14.1. The number of imide groups is 1. The molecule has 5 rings (SSSR count). The highest BCUT2D eigenvalue weighted by Crippen LogP contribution is 2.21. The minimum Gasteiger partial charge on any atom is -0.444 e. The van der Waals surface area contributed by atoms with Crippen molar-refractivity contribution in [3.63, 3.8) is 0 Å². The summed E-state index contributed by atoms with van der Waals surface area (Å²) >= 11 is 2.84.